The van der Waals surface area contributed by atoms with Crippen molar-refractivity contribution in [1.82, 2.24) is 63.8 Å². The molecule has 0 radical (unpaired) electrons. The predicted octanol–water partition coefficient (Wildman–Crippen LogP) is 12.8. The van der Waals surface area contributed by atoms with Crippen molar-refractivity contribution in [3.05, 3.63) is 0 Å². The molecule has 0 heterocycles. The third kappa shape index (κ3) is 208. The van der Waals surface area contributed by atoms with Crippen molar-refractivity contribution >= 4 is 0 Å². The summed E-state index contributed by atoms with van der Waals surface area (Å²) in [5, 5.41) is 40.0. The molecule has 0 fully saturated rings. The lowest BCUT2D eigenvalue weighted by molar-refractivity contribution is 0.484. The molecule has 0 aliphatic heterocycles. The van der Waals surface area contributed by atoms with Crippen molar-refractivity contribution in [2.45, 2.75) is 453 Å². The molecular weight excluding hydrogens is 1490 g/mol. The van der Waals surface area contributed by atoms with Crippen molar-refractivity contribution in [2.75, 3.05) is 151 Å². The lowest BCUT2D eigenvalue weighted by Crippen LogP contribution is -2.34. The van der Waals surface area contributed by atoms with Gasteiger partial charge in [-0.25, -0.2) is 0 Å². The summed E-state index contributed by atoms with van der Waals surface area (Å²) in [6.07, 6.45) is 34.2. The molecular formula is C96H240N24. The standard InChI is InChI=1S/C11H26N2.2C10H24N2.2C9H22N2.2C8H20N2.2C7H18N2.2C6H16N2.C5H14N2/c1-11(2)13-10-8-6-4-3-5-7-9-12;1-9(2)12-7-5-4-6-10(3)8-11;1-10(2)12-9-7-5-3-4-6-8-11;1-8(2)11-6-4-5-9(3)7-10;1-9(2)11-8-6-4-3-5-7-10;1-7(2)10-5-4-8(3)6-9;1-8(2)10-7-5-3-4-6-9;1-6(2)9-5-7(3)4-8;1-7(2)9-6-4-3-5-8;1-5(2)8-4-6(3)7;1-6(2)8-5-3-4-7;1-5(2)7-4-3-6/h11,13H,3-10,12H2,1-2H3;9-10,12H,4-8,11H2,1-3H3;10,12H,3-9,11H2,1-2H3;8-9,11H,4-7,10H2,1-3H3;9,11H,3-8,10H2,1-2H3;7-8,10H,4-6,9H2,1-3H3;8,10H,3-7,9H2,1-2H3;6-7,9H,4-5,8H2,1-3H3;7,9H,3-6,8H2,1-2H3;5-6,8H,4,7H2,1-3H3;6,8H,3-5,7H2,1-2H3;5,7H,3-4,6H2,1-2H3. The van der Waals surface area contributed by atoms with Crippen molar-refractivity contribution < 1.29 is 0 Å². The van der Waals surface area contributed by atoms with Gasteiger partial charge >= 0.3 is 0 Å². The summed E-state index contributed by atoms with van der Waals surface area (Å²) in [5.74, 6) is 2.65. The Kier molecular flexibility index (Phi) is 155. The highest BCUT2D eigenvalue weighted by Gasteiger charge is 2.04. The Bertz CT molecular complexity index is 1590. The lowest BCUT2D eigenvalue weighted by Gasteiger charge is -2.11. The van der Waals surface area contributed by atoms with E-state index in [9.17, 15) is 0 Å². The van der Waals surface area contributed by atoms with Crippen LogP contribution in [-0.4, -0.2) is 229 Å². The smallest absolute Gasteiger partial charge is 0.0136 e. The SMILES string of the molecule is CC(C)NCCCCCCCCN.CC(C)NCCCCCCCN.CC(C)NCCCCCCN.CC(C)NCCCCCN.CC(C)NCCCCN.CC(C)NCCCN.CC(C)NCCN.CC(CN)CCCCNC(C)C.CC(CN)CCCNC(C)C.CC(CN)CCNC(C)C.CC(CN)CNC(C)C.CC(N)CNC(C)C. The van der Waals surface area contributed by atoms with Crippen LogP contribution < -0.4 is 133 Å². The molecule has 36 N–H and O–H groups in total. The van der Waals surface area contributed by atoms with Crippen LogP contribution in [0.1, 0.15) is 374 Å². The Morgan fingerprint density at radius 1 is 0.150 bits per heavy atom. The molecule has 5 unspecified atom stereocenters. The molecule has 744 valence electrons. The first-order valence-electron chi connectivity index (χ1n) is 49.9. The highest BCUT2D eigenvalue weighted by atomic mass is 14.9. The molecule has 0 saturated heterocycles. The summed E-state index contributed by atoms with van der Waals surface area (Å²) in [4.78, 5) is 0. The zero-order valence-corrected chi connectivity index (χ0v) is 87.1. The van der Waals surface area contributed by atoms with Gasteiger partial charge in [-0.3, -0.25) is 0 Å². The topological polar surface area (TPSA) is 457 Å². The number of nitrogens with two attached hydrogens (primary N) is 12. The second-order valence-corrected chi connectivity index (χ2v) is 36.9. The molecule has 0 aliphatic rings. The van der Waals surface area contributed by atoms with Gasteiger partial charge < -0.3 is 133 Å². The Morgan fingerprint density at radius 2 is 0.333 bits per heavy atom. The third-order valence-corrected chi connectivity index (χ3v) is 17.7. The highest BCUT2D eigenvalue weighted by molar-refractivity contribution is 4.65. The zero-order valence-electron chi connectivity index (χ0n) is 87.1. The van der Waals surface area contributed by atoms with Crippen LogP contribution in [0.5, 0.6) is 0 Å². The molecule has 0 aromatic heterocycles. The van der Waals surface area contributed by atoms with Gasteiger partial charge in [0.25, 0.3) is 0 Å². The van der Waals surface area contributed by atoms with Crippen molar-refractivity contribution in [3.8, 4) is 0 Å². The second-order valence-electron chi connectivity index (χ2n) is 36.9. The first kappa shape index (κ1) is 145. The Balaban J connectivity index is -0.000000106. The maximum atomic E-state index is 5.52. The number of nitrogens with one attached hydrogen (secondary N) is 12. The molecule has 0 amide bonds. The molecule has 0 rings (SSSR count). The van der Waals surface area contributed by atoms with Crippen LogP contribution >= 0.6 is 0 Å². The van der Waals surface area contributed by atoms with E-state index in [2.05, 4.69) is 258 Å². The van der Waals surface area contributed by atoms with Crippen LogP contribution in [0.25, 0.3) is 0 Å². The predicted molar refractivity (Wildman–Crippen MR) is 552 cm³/mol. The van der Waals surface area contributed by atoms with Crippen LogP contribution in [-0.2, 0) is 0 Å². The first-order valence-corrected chi connectivity index (χ1v) is 49.9. The number of rotatable bonds is 67. The van der Waals surface area contributed by atoms with E-state index in [0.29, 0.717) is 96.2 Å². The molecule has 0 aromatic rings. The summed E-state index contributed by atoms with van der Waals surface area (Å²) >= 11 is 0. The average Bonchev–Trinajstić information content (AvgIpc) is 1.08. The molecule has 24 heteroatoms. The maximum absolute atomic E-state index is 5.52. The summed E-state index contributed by atoms with van der Waals surface area (Å²) in [6, 6.07) is 7.56. The molecule has 0 aromatic carbocycles. The zero-order chi connectivity index (χ0) is 94.7. The van der Waals surface area contributed by atoms with E-state index >= 15 is 0 Å². The van der Waals surface area contributed by atoms with Crippen LogP contribution in [0.4, 0.5) is 0 Å². The van der Waals surface area contributed by atoms with E-state index in [1.54, 1.807) is 0 Å². The fourth-order valence-corrected chi connectivity index (χ4v) is 9.70. The third-order valence-electron chi connectivity index (χ3n) is 17.7. The van der Waals surface area contributed by atoms with Gasteiger partial charge in [-0.15, -0.1) is 0 Å². The van der Waals surface area contributed by atoms with E-state index in [-0.39, 0.29) is 6.04 Å². The van der Waals surface area contributed by atoms with Gasteiger partial charge in [-0.1, -0.05) is 264 Å². The van der Waals surface area contributed by atoms with Gasteiger partial charge in [-0.2, -0.15) is 0 Å². The average molecular weight is 1730 g/mol. The van der Waals surface area contributed by atoms with Gasteiger partial charge in [0.2, 0.25) is 0 Å². The molecule has 0 saturated carbocycles. The summed E-state index contributed by atoms with van der Waals surface area (Å²) in [7, 11) is 0. The summed E-state index contributed by atoms with van der Waals surface area (Å²) < 4.78 is 0. The highest BCUT2D eigenvalue weighted by Crippen LogP contribution is 2.07. The van der Waals surface area contributed by atoms with Gasteiger partial charge in [0.05, 0.1) is 0 Å². The summed E-state index contributed by atoms with van der Waals surface area (Å²) in [6.45, 7) is 84.6. The summed E-state index contributed by atoms with van der Waals surface area (Å²) in [5.41, 5.74) is 64.7. The molecule has 0 bridgehead atoms. The molecule has 5 atom stereocenters. The fourth-order valence-electron chi connectivity index (χ4n) is 9.70. The van der Waals surface area contributed by atoms with Crippen LogP contribution in [0.3, 0.4) is 0 Å². The fraction of sp³-hybridized carbons (Fsp3) is 1.00. The van der Waals surface area contributed by atoms with E-state index in [1.165, 1.54) is 174 Å². The van der Waals surface area contributed by atoms with Gasteiger partial charge in [0.15, 0.2) is 0 Å². The first-order chi connectivity index (χ1) is 56.7. The molecule has 24 nitrogen and oxygen atoms in total. The monoisotopic (exact) mass is 1730 g/mol. The number of hydrogen-bond donors (Lipinski definition) is 24. The minimum atomic E-state index is 0.275. The van der Waals surface area contributed by atoms with Gasteiger partial charge in [0, 0.05) is 98.2 Å². The van der Waals surface area contributed by atoms with Crippen LogP contribution in [0, 0.1) is 23.7 Å². The maximum Gasteiger partial charge on any atom is 0.0136 e. The van der Waals surface area contributed by atoms with Crippen molar-refractivity contribution in [1.29, 1.82) is 0 Å². The number of unbranched alkanes of at least 4 members (excludes halogenated alkanes) is 16. The lowest BCUT2D eigenvalue weighted by atomic mass is 10.0. The minimum absolute atomic E-state index is 0.275. The normalized spacial score (nSPS) is 12.2. The quantitative estimate of drug-likeness (QED) is 0.0251. The van der Waals surface area contributed by atoms with E-state index < -0.39 is 0 Å². The van der Waals surface area contributed by atoms with E-state index in [4.69, 9.17) is 68.8 Å². The van der Waals surface area contributed by atoms with Crippen LogP contribution in [0.15, 0.2) is 0 Å². The molecule has 120 heavy (non-hydrogen) atoms. The Morgan fingerprint density at radius 3 is 0.567 bits per heavy atom. The number of hydrogen-bond acceptors (Lipinski definition) is 24. The van der Waals surface area contributed by atoms with Gasteiger partial charge in [0.1, 0.15) is 0 Å². The van der Waals surface area contributed by atoms with E-state index in [0.717, 1.165) is 150 Å². The van der Waals surface area contributed by atoms with E-state index in [1.807, 2.05) is 6.92 Å². The van der Waals surface area contributed by atoms with Crippen molar-refractivity contribution in [2.24, 2.45) is 92.5 Å². The molecule has 0 aliphatic carbocycles. The van der Waals surface area contributed by atoms with Crippen LogP contribution in [0.2, 0.25) is 0 Å². The minimum Gasteiger partial charge on any atom is -0.330 e. The van der Waals surface area contributed by atoms with Gasteiger partial charge in [-0.05, 0) is 264 Å². The molecule has 0 spiro atoms. The Labute approximate surface area is 755 Å². The second kappa shape index (κ2) is 129. The largest absolute Gasteiger partial charge is 0.330 e. The Hall–Kier alpha value is -0.960. The van der Waals surface area contributed by atoms with Crippen molar-refractivity contribution in [3.63, 3.8) is 0 Å².